The number of hydrogen-bond acceptors (Lipinski definition) is 7. The van der Waals surface area contributed by atoms with Crippen LogP contribution < -0.4 is 5.32 Å². The van der Waals surface area contributed by atoms with Crippen molar-refractivity contribution in [3.8, 4) is 11.3 Å². The molecule has 0 bridgehead atoms. The standard InChI is InChI=1S/C30H33F6N5O3/c1-3-22-26(17(2)44-40-22)27-23(39-25(14-38-27)37-10-6-9-18-7-4-5-8-18)15-41-16-24(43-28(41)42)19-11-20(29(31,32)33)13-21(12-19)30(34,35)36/h11-14,18,24H,3-10,15-16H2,1-2H3,(H,37,39). The van der Waals surface area contributed by atoms with Crippen molar-refractivity contribution in [1.29, 1.82) is 0 Å². The molecule has 2 fully saturated rings. The van der Waals surface area contributed by atoms with Crippen LogP contribution in [0.25, 0.3) is 11.3 Å². The molecule has 14 heteroatoms. The Bertz CT molecular complexity index is 1450. The number of aryl methyl sites for hydroxylation is 2. The average molecular weight is 626 g/mol. The number of halogens is 6. The first-order valence-electron chi connectivity index (χ1n) is 14.6. The van der Waals surface area contributed by atoms with Gasteiger partial charge in [-0.25, -0.2) is 9.78 Å². The zero-order valence-electron chi connectivity index (χ0n) is 24.3. The van der Waals surface area contributed by atoms with Crippen LogP contribution in [0.5, 0.6) is 0 Å². The summed E-state index contributed by atoms with van der Waals surface area (Å²) in [5.41, 5.74) is -1.37. The smallest absolute Gasteiger partial charge is 0.416 e. The summed E-state index contributed by atoms with van der Waals surface area (Å²) in [6, 6.07) is 1.19. The van der Waals surface area contributed by atoms with Crippen LogP contribution in [-0.2, 0) is 30.1 Å². The van der Waals surface area contributed by atoms with Crippen molar-refractivity contribution < 1.29 is 40.4 Å². The molecule has 1 saturated carbocycles. The van der Waals surface area contributed by atoms with Crippen LogP contribution in [0, 0.1) is 12.8 Å². The van der Waals surface area contributed by atoms with E-state index in [1.165, 1.54) is 30.6 Å². The van der Waals surface area contributed by atoms with Crippen LogP contribution in [0.1, 0.15) is 85.4 Å². The molecular formula is C30H33F6N5O3. The molecule has 8 nitrogen and oxygen atoms in total. The normalized spacial score (nSPS) is 17.9. The van der Waals surface area contributed by atoms with Crippen molar-refractivity contribution in [2.24, 2.45) is 5.92 Å². The van der Waals surface area contributed by atoms with Crippen LogP contribution >= 0.6 is 0 Å². The van der Waals surface area contributed by atoms with E-state index in [2.05, 4.69) is 15.5 Å². The molecule has 1 unspecified atom stereocenters. The van der Waals surface area contributed by atoms with Gasteiger partial charge in [-0.3, -0.25) is 9.88 Å². The maximum atomic E-state index is 13.4. The molecular weight excluding hydrogens is 592 g/mol. The van der Waals surface area contributed by atoms with Gasteiger partial charge in [-0.05, 0) is 55.9 Å². The number of alkyl halides is 6. The molecule has 0 radical (unpaired) electrons. The fourth-order valence-corrected chi connectivity index (χ4v) is 5.86. The van der Waals surface area contributed by atoms with Gasteiger partial charge in [0.25, 0.3) is 0 Å². The Morgan fingerprint density at radius 3 is 2.34 bits per heavy atom. The third-order valence-corrected chi connectivity index (χ3v) is 8.13. The summed E-state index contributed by atoms with van der Waals surface area (Å²) in [5, 5.41) is 7.36. The number of nitrogens with one attached hydrogen (secondary N) is 1. The van der Waals surface area contributed by atoms with Gasteiger partial charge >= 0.3 is 18.4 Å². The van der Waals surface area contributed by atoms with E-state index < -0.39 is 41.2 Å². The Labute approximate surface area is 250 Å². The monoisotopic (exact) mass is 625 g/mol. The Morgan fingerprint density at radius 2 is 1.70 bits per heavy atom. The third kappa shape index (κ3) is 7.10. The van der Waals surface area contributed by atoms with Gasteiger partial charge in [0.1, 0.15) is 17.7 Å². The zero-order chi connectivity index (χ0) is 31.6. The first-order chi connectivity index (χ1) is 20.8. The van der Waals surface area contributed by atoms with E-state index in [4.69, 9.17) is 14.2 Å². The highest BCUT2D eigenvalue weighted by Crippen LogP contribution is 2.40. The minimum Gasteiger partial charge on any atom is -0.439 e. The molecule has 238 valence electrons. The third-order valence-electron chi connectivity index (χ3n) is 8.13. The van der Waals surface area contributed by atoms with Gasteiger partial charge in [0.05, 0.1) is 53.1 Å². The van der Waals surface area contributed by atoms with Crippen LogP contribution in [0.15, 0.2) is 28.9 Å². The number of nitrogens with zero attached hydrogens (tertiary/aromatic N) is 4. The summed E-state index contributed by atoms with van der Waals surface area (Å²) in [6.07, 6.45) is -3.11. The second-order valence-corrected chi connectivity index (χ2v) is 11.3. The lowest BCUT2D eigenvalue weighted by Crippen LogP contribution is -2.25. The van der Waals surface area contributed by atoms with E-state index in [1.807, 2.05) is 6.92 Å². The number of carbonyl (C=O) groups is 1. The van der Waals surface area contributed by atoms with Crippen molar-refractivity contribution in [2.75, 3.05) is 18.4 Å². The number of carbonyl (C=O) groups excluding carboxylic acids is 1. The Kier molecular flexibility index (Phi) is 9.07. The Balaban J connectivity index is 1.40. The number of hydrogen-bond donors (Lipinski definition) is 1. The number of aromatic nitrogens is 3. The van der Waals surface area contributed by atoms with Crippen LogP contribution in [0.4, 0.5) is 37.0 Å². The number of anilines is 1. The van der Waals surface area contributed by atoms with E-state index in [0.29, 0.717) is 59.3 Å². The molecule has 1 N–H and O–H groups in total. The second-order valence-electron chi connectivity index (χ2n) is 11.3. The largest absolute Gasteiger partial charge is 0.439 e. The van der Waals surface area contributed by atoms with Gasteiger partial charge in [-0.1, -0.05) is 37.8 Å². The van der Waals surface area contributed by atoms with Crippen molar-refractivity contribution >= 4 is 11.9 Å². The molecule has 2 aromatic heterocycles. The molecule has 0 spiro atoms. The molecule has 3 heterocycles. The quantitative estimate of drug-likeness (QED) is 0.180. The molecule has 1 aliphatic carbocycles. The average Bonchev–Trinajstić information content (AvgIpc) is 3.71. The summed E-state index contributed by atoms with van der Waals surface area (Å²) in [6.45, 7) is 3.82. The van der Waals surface area contributed by atoms with Crippen LogP contribution in [0.3, 0.4) is 0 Å². The fourth-order valence-electron chi connectivity index (χ4n) is 5.86. The van der Waals surface area contributed by atoms with E-state index in [9.17, 15) is 31.1 Å². The lowest BCUT2D eigenvalue weighted by atomic mass is 10.0. The fraction of sp³-hybridized carbons (Fsp3) is 0.533. The SMILES string of the molecule is CCc1noc(C)c1-c1ncc(NCCCC2CCCC2)nc1CN1CC(c2cc(C(F)(F)F)cc(C(F)(F)F)c2)OC1=O. The van der Waals surface area contributed by atoms with E-state index in [0.717, 1.165) is 18.8 Å². The van der Waals surface area contributed by atoms with Gasteiger partial charge in [0.2, 0.25) is 0 Å². The number of rotatable bonds is 10. The van der Waals surface area contributed by atoms with Gasteiger partial charge in [-0.15, -0.1) is 0 Å². The highest BCUT2D eigenvalue weighted by molar-refractivity contribution is 5.72. The summed E-state index contributed by atoms with van der Waals surface area (Å²) in [7, 11) is 0. The molecule has 1 saturated heterocycles. The maximum absolute atomic E-state index is 13.4. The van der Waals surface area contributed by atoms with Gasteiger partial charge in [0.15, 0.2) is 0 Å². The molecule has 1 atom stereocenters. The second kappa shape index (κ2) is 12.6. The van der Waals surface area contributed by atoms with Crippen LogP contribution in [0.2, 0.25) is 0 Å². The zero-order valence-corrected chi connectivity index (χ0v) is 24.3. The molecule has 1 aromatic carbocycles. The highest BCUT2D eigenvalue weighted by Gasteiger charge is 2.40. The molecule has 3 aromatic rings. The maximum Gasteiger partial charge on any atom is 0.416 e. The number of cyclic esters (lactones) is 1. The molecule has 1 amide bonds. The van der Waals surface area contributed by atoms with E-state index >= 15 is 0 Å². The minimum atomic E-state index is -5.03. The molecule has 5 rings (SSSR count). The number of amides is 1. The molecule has 1 aliphatic heterocycles. The van der Waals surface area contributed by atoms with Gasteiger partial charge < -0.3 is 14.6 Å². The lowest BCUT2D eigenvalue weighted by Gasteiger charge is -2.18. The number of benzene rings is 1. The Morgan fingerprint density at radius 1 is 1.02 bits per heavy atom. The number of ether oxygens (including phenoxy) is 1. The summed E-state index contributed by atoms with van der Waals surface area (Å²) >= 11 is 0. The summed E-state index contributed by atoms with van der Waals surface area (Å²) < 4.78 is 91.3. The predicted octanol–water partition coefficient (Wildman–Crippen LogP) is 8.12. The lowest BCUT2D eigenvalue weighted by molar-refractivity contribution is -0.143. The van der Waals surface area contributed by atoms with E-state index in [1.54, 1.807) is 13.1 Å². The predicted molar refractivity (Wildman–Crippen MR) is 147 cm³/mol. The first-order valence-corrected chi connectivity index (χ1v) is 14.6. The minimum absolute atomic E-state index is 0.0404. The topological polar surface area (TPSA) is 93.4 Å². The van der Waals surface area contributed by atoms with Crippen molar-refractivity contribution in [2.45, 2.75) is 83.8 Å². The van der Waals surface area contributed by atoms with Crippen molar-refractivity contribution in [3.05, 3.63) is 58.2 Å². The molecule has 44 heavy (non-hydrogen) atoms. The van der Waals surface area contributed by atoms with Crippen LogP contribution in [-0.4, -0.2) is 39.2 Å². The van der Waals surface area contributed by atoms with Crippen molar-refractivity contribution in [3.63, 3.8) is 0 Å². The van der Waals surface area contributed by atoms with E-state index in [-0.39, 0.29) is 19.2 Å². The highest BCUT2D eigenvalue weighted by atomic mass is 19.4. The molecule has 2 aliphatic rings. The van der Waals surface area contributed by atoms with Gasteiger partial charge in [0, 0.05) is 6.54 Å². The summed E-state index contributed by atoms with van der Waals surface area (Å²) in [4.78, 5) is 23.4. The van der Waals surface area contributed by atoms with Crippen molar-refractivity contribution in [1.82, 2.24) is 20.0 Å². The summed E-state index contributed by atoms with van der Waals surface area (Å²) in [5.74, 6) is 1.70. The van der Waals surface area contributed by atoms with Gasteiger partial charge in [-0.2, -0.15) is 26.3 Å². The first kappa shape index (κ1) is 31.6. The Hall–Kier alpha value is -3.84.